The van der Waals surface area contributed by atoms with Gasteiger partial charge in [0.15, 0.2) is 0 Å². The van der Waals surface area contributed by atoms with Gasteiger partial charge in [0.05, 0.1) is 4.90 Å². The minimum atomic E-state index is -3.52. The molecule has 8 heteroatoms. The molecule has 1 heterocycles. The number of halogens is 1. The van der Waals surface area contributed by atoms with Crippen molar-refractivity contribution in [1.29, 1.82) is 0 Å². The number of benzene rings is 2. The Hall–Kier alpha value is -1.93. The first-order valence-corrected chi connectivity index (χ1v) is 10.9. The van der Waals surface area contributed by atoms with E-state index >= 15 is 0 Å². The van der Waals surface area contributed by atoms with E-state index in [2.05, 4.69) is 4.90 Å². The normalized spacial score (nSPS) is 18.8. The van der Waals surface area contributed by atoms with Crippen molar-refractivity contribution in [3.63, 3.8) is 0 Å². The minimum Gasteiger partial charge on any atom is -0.426 e. The molecular formula is C20H23ClN2O4S. The highest BCUT2D eigenvalue weighted by molar-refractivity contribution is 7.89. The maximum atomic E-state index is 12.9. The Balaban J connectivity index is 1.73. The number of sulfonamides is 1. The second-order valence-corrected chi connectivity index (χ2v) is 9.19. The zero-order valence-corrected chi connectivity index (χ0v) is 17.4. The summed E-state index contributed by atoms with van der Waals surface area (Å²) in [4.78, 5) is 13.8. The van der Waals surface area contributed by atoms with Gasteiger partial charge in [0.2, 0.25) is 10.0 Å². The third kappa shape index (κ3) is 4.72. The SMILES string of the molecule is CC(=O)Oc1ccc(Cl)cc1CN1CCN(S(=O)(=O)c2ccccc2)C(C)C1. The lowest BCUT2D eigenvalue weighted by atomic mass is 10.1. The number of nitrogens with zero attached hydrogens (tertiary/aromatic N) is 2. The number of ether oxygens (including phenoxy) is 1. The molecule has 0 saturated carbocycles. The molecule has 6 nitrogen and oxygen atoms in total. The molecule has 1 fully saturated rings. The van der Waals surface area contributed by atoms with E-state index in [1.807, 2.05) is 6.92 Å². The van der Waals surface area contributed by atoms with E-state index < -0.39 is 16.0 Å². The molecule has 0 spiro atoms. The Kier molecular flexibility index (Phi) is 6.40. The molecule has 3 rings (SSSR count). The monoisotopic (exact) mass is 422 g/mol. The predicted octanol–water partition coefficient (Wildman–Crippen LogP) is 3.16. The van der Waals surface area contributed by atoms with Crippen molar-refractivity contribution in [3.8, 4) is 5.75 Å². The lowest BCUT2D eigenvalue weighted by Crippen LogP contribution is -2.53. The van der Waals surface area contributed by atoms with Gasteiger partial charge in [-0.3, -0.25) is 9.69 Å². The number of rotatable bonds is 5. The van der Waals surface area contributed by atoms with E-state index in [4.69, 9.17) is 16.3 Å². The van der Waals surface area contributed by atoms with Gasteiger partial charge in [0.25, 0.3) is 0 Å². The van der Waals surface area contributed by atoms with E-state index in [1.165, 1.54) is 6.92 Å². The Bertz CT molecular complexity index is 950. The Labute approximate surface area is 170 Å². The van der Waals surface area contributed by atoms with Gasteiger partial charge in [-0.2, -0.15) is 4.31 Å². The van der Waals surface area contributed by atoms with Crippen molar-refractivity contribution >= 4 is 27.6 Å². The number of hydrogen-bond donors (Lipinski definition) is 0. The van der Waals surface area contributed by atoms with Crippen molar-refractivity contribution in [2.75, 3.05) is 19.6 Å². The first-order chi connectivity index (χ1) is 13.3. The summed E-state index contributed by atoms with van der Waals surface area (Å²) in [5, 5.41) is 0.559. The van der Waals surface area contributed by atoms with Gasteiger partial charge in [-0.15, -0.1) is 0 Å². The third-order valence-electron chi connectivity index (χ3n) is 4.67. The molecule has 0 radical (unpaired) electrons. The van der Waals surface area contributed by atoms with Crippen LogP contribution in [0.15, 0.2) is 53.4 Å². The van der Waals surface area contributed by atoms with Crippen LogP contribution in [0.5, 0.6) is 5.75 Å². The zero-order chi connectivity index (χ0) is 20.3. The summed E-state index contributed by atoms with van der Waals surface area (Å²) in [7, 11) is -3.52. The molecule has 1 aliphatic heterocycles. The van der Waals surface area contributed by atoms with Gasteiger partial charge in [-0.05, 0) is 37.3 Å². The number of piperazine rings is 1. The quantitative estimate of drug-likeness (QED) is 0.547. The van der Waals surface area contributed by atoms with Crippen LogP contribution in [-0.2, 0) is 21.4 Å². The molecule has 1 atom stereocenters. The van der Waals surface area contributed by atoms with E-state index in [-0.39, 0.29) is 6.04 Å². The molecule has 0 aliphatic carbocycles. The minimum absolute atomic E-state index is 0.185. The highest BCUT2D eigenvalue weighted by Gasteiger charge is 2.33. The fraction of sp³-hybridized carbons (Fsp3) is 0.350. The average Bonchev–Trinajstić information content (AvgIpc) is 2.64. The fourth-order valence-corrected chi connectivity index (χ4v) is 5.24. The fourth-order valence-electron chi connectivity index (χ4n) is 3.41. The van der Waals surface area contributed by atoms with Crippen LogP contribution < -0.4 is 4.74 Å². The Morgan fingerprint density at radius 1 is 1.18 bits per heavy atom. The standard InChI is InChI=1S/C20H23ClN2O4S/c1-15-13-22(14-17-12-18(21)8-9-20(17)27-16(2)24)10-11-23(15)28(25,26)19-6-4-3-5-7-19/h3-9,12,15H,10-11,13-14H2,1-2H3. The van der Waals surface area contributed by atoms with Crippen LogP contribution in [-0.4, -0.2) is 49.3 Å². The average molecular weight is 423 g/mol. The highest BCUT2D eigenvalue weighted by Crippen LogP contribution is 2.27. The van der Waals surface area contributed by atoms with Crippen molar-refractivity contribution in [3.05, 3.63) is 59.1 Å². The second kappa shape index (κ2) is 8.61. The molecule has 2 aromatic carbocycles. The number of carbonyl (C=O) groups is 1. The predicted molar refractivity (Wildman–Crippen MR) is 108 cm³/mol. The Morgan fingerprint density at radius 3 is 2.54 bits per heavy atom. The van der Waals surface area contributed by atoms with Crippen LogP contribution in [0.3, 0.4) is 0 Å². The third-order valence-corrected chi connectivity index (χ3v) is 6.93. The summed E-state index contributed by atoms with van der Waals surface area (Å²) in [5.74, 6) is 0.0830. The molecule has 1 aliphatic rings. The van der Waals surface area contributed by atoms with Crippen molar-refractivity contribution in [1.82, 2.24) is 9.21 Å². The summed E-state index contributed by atoms with van der Waals surface area (Å²) in [6.45, 7) is 5.31. The summed E-state index contributed by atoms with van der Waals surface area (Å²) in [6, 6.07) is 13.4. The van der Waals surface area contributed by atoms with Gasteiger partial charge in [0.1, 0.15) is 5.75 Å². The van der Waals surface area contributed by atoms with Gasteiger partial charge in [-0.1, -0.05) is 29.8 Å². The van der Waals surface area contributed by atoms with E-state index in [9.17, 15) is 13.2 Å². The molecular weight excluding hydrogens is 400 g/mol. The van der Waals surface area contributed by atoms with E-state index in [0.717, 1.165) is 5.56 Å². The van der Waals surface area contributed by atoms with Crippen LogP contribution in [0.2, 0.25) is 5.02 Å². The number of carbonyl (C=O) groups excluding carboxylic acids is 1. The molecule has 2 aromatic rings. The molecule has 1 saturated heterocycles. The molecule has 0 aromatic heterocycles. The molecule has 150 valence electrons. The van der Waals surface area contributed by atoms with Crippen molar-refractivity contribution in [2.24, 2.45) is 0 Å². The summed E-state index contributed by atoms with van der Waals surface area (Å²) >= 11 is 6.10. The lowest BCUT2D eigenvalue weighted by Gasteiger charge is -2.39. The molecule has 1 unspecified atom stereocenters. The maximum Gasteiger partial charge on any atom is 0.308 e. The lowest BCUT2D eigenvalue weighted by molar-refractivity contribution is -0.131. The van der Waals surface area contributed by atoms with Gasteiger partial charge >= 0.3 is 5.97 Å². The smallest absolute Gasteiger partial charge is 0.308 e. The molecule has 28 heavy (non-hydrogen) atoms. The first kappa shape index (κ1) is 20.8. The van der Waals surface area contributed by atoms with Crippen LogP contribution in [0.4, 0.5) is 0 Å². The maximum absolute atomic E-state index is 12.9. The van der Waals surface area contributed by atoms with Crippen LogP contribution in [0.1, 0.15) is 19.4 Å². The van der Waals surface area contributed by atoms with Gasteiger partial charge < -0.3 is 4.74 Å². The number of hydrogen-bond acceptors (Lipinski definition) is 5. The highest BCUT2D eigenvalue weighted by atomic mass is 35.5. The number of esters is 1. The summed E-state index contributed by atoms with van der Waals surface area (Å²) in [6.07, 6.45) is 0. The van der Waals surface area contributed by atoms with Gasteiger partial charge in [0, 0.05) is 49.7 Å². The van der Waals surface area contributed by atoms with Crippen molar-refractivity contribution in [2.45, 2.75) is 31.3 Å². The van der Waals surface area contributed by atoms with Crippen LogP contribution >= 0.6 is 11.6 Å². The van der Waals surface area contributed by atoms with Crippen LogP contribution in [0, 0.1) is 0 Å². The van der Waals surface area contributed by atoms with Crippen LogP contribution in [0.25, 0.3) is 0 Å². The summed E-state index contributed by atoms with van der Waals surface area (Å²) in [5.41, 5.74) is 0.800. The molecule has 0 amide bonds. The van der Waals surface area contributed by atoms with E-state index in [0.29, 0.717) is 41.8 Å². The molecule has 0 bridgehead atoms. The second-order valence-electron chi connectivity index (χ2n) is 6.86. The molecule has 0 N–H and O–H groups in total. The first-order valence-electron chi connectivity index (χ1n) is 9.03. The van der Waals surface area contributed by atoms with E-state index in [1.54, 1.807) is 52.8 Å². The van der Waals surface area contributed by atoms with Gasteiger partial charge in [-0.25, -0.2) is 8.42 Å². The Morgan fingerprint density at radius 2 is 1.89 bits per heavy atom. The van der Waals surface area contributed by atoms with Crippen molar-refractivity contribution < 1.29 is 17.9 Å². The zero-order valence-electron chi connectivity index (χ0n) is 15.8. The topological polar surface area (TPSA) is 66.9 Å². The summed E-state index contributed by atoms with van der Waals surface area (Å²) < 4.78 is 32.6. The largest absolute Gasteiger partial charge is 0.426 e.